The molecule has 3 rings (SSSR count). The van der Waals surface area contributed by atoms with Gasteiger partial charge in [0, 0.05) is 17.8 Å². The van der Waals surface area contributed by atoms with E-state index in [-0.39, 0.29) is 18.1 Å². The molecule has 29 heavy (non-hydrogen) atoms. The van der Waals surface area contributed by atoms with Crippen LogP contribution in [-0.4, -0.2) is 30.8 Å². The molecule has 0 fully saturated rings. The van der Waals surface area contributed by atoms with E-state index in [9.17, 15) is 4.79 Å². The maximum atomic E-state index is 12.0. The quantitative estimate of drug-likeness (QED) is 0.536. The zero-order valence-electron chi connectivity index (χ0n) is 17.4. The number of para-hydroxylation sites is 1. The van der Waals surface area contributed by atoms with Crippen molar-refractivity contribution in [3.05, 3.63) is 58.6 Å². The summed E-state index contributed by atoms with van der Waals surface area (Å²) in [5, 5.41) is 4.54. The number of hydrogen-bond acceptors (Lipinski definition) is 4. The van der Waals surface area contributed by atoms with Gasteiger partial charge in [0.05, 0.1) is 11.2 Å². The summed E-state index contributed by atoms with van der Waals surface area (Å²) < 4.78 is 5.41. The number of carbonyl (C=O) groups is 1. The largest absolute Gasteiger partial charge is 0.482 e. The van der Waals surface area contributed by atoms with Crippen LogP contribution in [0.5, 0.6) is 5.75 Å². The fourth-order valence-corrected chi connectivity index (χ4v) is 4.29. The minimum absolute atomic E-state index is 0.145. The highest BCUT2D eigenvalue weighted by molar-refractivity contribution is 6.32. The minimum Gasteiger partial charge on any atom is -0.482 e. The van der Waals surface area contributed by atoms with E-state index in [1.165, 1.54) is 11.3 Å². The standard InChI is InChI=1S/C23H28ClN3O2/c1-5-27-20-11-10-17(12-18(20)16(2)13-23(27,3)4)14-25-26-22(28)15-29-21-9-7-6-8-19(21)24/h6-12,14,16H,5,13,15H2,1-4H3,(H,26,28)/b25-14+/t16-/m0/s1. The van der Waals surface area contributed by atoms with Crippen LogP contribution in [0, 0.1) is 0 Å². The van der Waals surface area contributed by atoms with Gasteiger partial charge in [-0.2, -0.15) is 5.10 Å². The molecule has 6 heteroatoms. The number of nitrogens with zero attached hydrogens (tertiary/aromatic N) is 2. The van der Waals surface area contributed by atoms with Gasteiger partial charge in [-0.1, -0.05) is 36.7 Å². The van der Waals surface area contributed by atoms with E-state index in [0.29, 0.717) is 16.7 Å². The monoisotopic (exact) mass is 413 g/mol. The summed E-state index contributed by atoms with van der Waals surface area (Å²) in [6, 6.07) is 13.4. The lowest BCUT2D eigenvalue weighted by Crippen LogP contribution is -2.48. The van der Waals surface area contributed by atoms with Crippen molar-refractivity contribution in [3.8, 4) is 5.75 Å². The SMILES string of the molecule is CCN1c2ccc(/C=N/NC(=O)COc3ccccc3Cl)cc2[C@@H](C)CC1(C)C. The Morgan fingerprint density at radius 1 is 1.34 bits per heavy atom. The van der Waals surface area contributed by atoms with Crippen molar-refractivity contribution in [1.82, 2.24) is 5.43 Å². The first-order valence-electron chi connectivity index (χ1n) is 9.92. The van der Waals surface area contributed by atoms with Gasteiger partial charge in [-0.25, -0.2) is 5.43 Å². The van der Waals surface area contributed by atoms with E-state index in [1.807, 2.05) is 6.07 Å². The molecule has 0 spiro atoms. The van der Waals surface area contributed by atoms with Gasteiger partial charge in [0.2, 0.25) is 0 Å². The van der Waals surface area contributed by atoms with Crippen molar-refractivity contribution in [2.24, 2.45) is 5.10 Å². The van der Waals surface area contributed by atoms with Crippen molar-refractivity contribution in [1.29, 1.82) is 0 Å². The summed E-state index contributed by atoms with van der Waals surface area (Å²) in [4.78, 5) is 14.4. The zero-order chi connectivity index (χ0) is 21.0. The fourth-order valence-electron chi connectivity index (χ4n) is 4.10. The van der Waals surface area contributed by atoms with Crippen LogP contribution < -0.4 is 15.1 Å². The molecule has 0 aliphatic carbocycles. The Morgan fingerprint density at radius 2 is 2.10 bits per heavy atom. The molecule has 2 aromatic carbocycles. The fraction of sp³-hybridized carbons (Fsp3) is 0.391. The molecule has 0 radical (unpaired) electrons. The van der Waals surface area contributed by atoms with Gasteiger partial charge in [-0.15, -0.1) is 0 Å². The minimum atomic E-state index is -0.341. The van der Waals surface area contributed by atoms with Gasteiger partial charge >= 0.3 is 0 Å². The van der Waals surface area contributed by atoms with Crippen LogP contribution in [0.15, 0.2) is 47.6 Å². The molecular formula is C23H28ClN3O2. The number of fused-ring (bicyclic) bond motifs is 1. The Hall–Kier alpha value is -2.53. The maximum Gasteiger partial charge on any atom is 0.277 e. The Labute approximate surface area is 177 Å². The lowest BCUT2D eigenvalue weighted by Gasteiger charge is -2.47. The molecule has 0 aromatic heterocycles. The summed E-state index contributed by atoms with van der Waals surface area (Å²) in [5.74, 6) is 0.599. The highest BCUT2D eigenvalue weighted by Gasteiger charge is 2.35. The third kappa shape index (κ3) is 4.91. The highest BCUT2D eigenvalue weighted by atomic mass is 35.5. The topological polar surface area (TPSA) is 53.9 Å². The molecule has 2 aromatic rings. The Kier molecular flexibility index (Phi) is 6.48. The first-order valence-corrected chi connectivity index (χ1v) is 10.3. The molecule has 1 aliphatic rings. The van der Waals surface area contributed by atoms with Crippen LogP contribution in [0.4, 0.5) is 5.69 Å². The summed E-state index contributed by atoms with van der Waals surface area (Å²) in [7, 11) is 0. The van der Waals surface area contributed by atoms with Crippen molar-refractivity contribution in [3.63, 3.8) is 0 Å². The van der Waals surface area contributed by atoms with Crippen molar-refractivity contribution >= 4 is 29.4 Å². The number of ether oxygens (including phenoxy) is 1. The van der Waals surface area contributed by atoms with Gasteiger partial charge in [0.25, 0.3) is 5.91 Å². The number of hydrogen-bond donors (Lipinski definition) is 1. The first-order chi connectivity index (χ1) is 13.8. The second kappa shape index (κ2) is 8.87. The van der Waals surface area contributed by atoms with Gasteiger partial charge in [0.15, 0.2) is 6.61 Å². The van der Waals surface area contributed by atoms with Crippen LogP contribution in [-0.2, 0) is 4.79 Å². The normalized spacial score (nSPS) is 17.8. The van der Waals surface area contributed by atoms with E-state index in [0.717, 1.165) is 18.5 Å². The van der Waals surface area contributed by atoms with Gasteiger partial charge in [0.1, 0.15) is 5.75 Å². The summed E-state index contributed by atoms with van der Waals surface area (Å²) in [5.41, 5.74) is 6.21. The lowest BCUT2D eigenvalue weighted by molar-refractivity contribution is -0.123. The number of benzene rings is 2. The molecule has 1 N–H and O–H groups in total. The highest BCUT2D eigenvalue weighted by Crippen LogP contribution is 2.43. The molecule has 0 bridgehead atoms. The molecule has 1 aliphatic heterocycles. The van der Waals surface area contributed by atoms with E-state index >= 15 is 0 Å². The Balaban J connectivity index is 1.62. The van der Waals surface area contributed by atoms with E-state index in [1.54, 1.807) is 30.5 Å². The number of anilines is 1. The third-order valence-electron chi connectivity index (χ3n) is 5.32. The molecule has 0 saturated heterocycles. The first kappa shape index (κ1) is 21.2. The van der Waals surface area contributed by atoms with Crippen molar-refractivity contribution in [2.45, 2.75) is 45.6 Å². The van der Waals surface area contributed by atoms with Crippen LogP contribution in [0.25, 0.3) is 0 Å². The van der Waals surface area contributed by atoms with Gasteiger partial charge in [-0.05, 0) is 68.5 Å². The van der Waals surface area contributed by atoms with E-state index in [4.69, 9.17) is 16.3 Å². The second-order valence-electron chi connectivity index (χ2n) is 7.99. The Morgan fingerprint density at radius 3 is 2.83 bits per heavy atom. The van der Waals surface area contributed by atoms with Crippen LogP contribution in [0.3, 0.4) is 0 Å². The number of amides is 1. The number of hydrazone groups is 1. The number of nitrogens with one attached hydrogen (secondary N) is 1. The molecule has 0 unspecified atom stereocenters. The number of rotatable bonds is 6. The molecule has 154 valence electrons. The summed E-state index contributed by atoms with van der Waals surface area (Å²) >= 11 is 6.01. The lowest BCUT2D eigenvalue weighted by atomic mass is 9.79. The van der Waals surface area contributed by atoms with Crippen LogP contribution in [0.2, 0.25) is 5.02 Å². The smallest absolute Gasteiger partial charge is 0.277 e. The van der Waals surface area contributed by atoms with Gasteiger partial charge < -0.3 is 9.64 Å². The molecular weight excluding hydrogens is 386 g/mol. The number of halogens is 1. The summed E-state index contributed by atoms with van der Waals surface area (Å²) in [6.07, 6.45) is 2.76. The van der Waals surface area contributed by atoms with E-state index < -0.39 is 0 Å². The molecule has 1 atom stereocenters. The summed E-state index contributed by atoms with van der Waals surface area (Å²) in [6.45, 7) is 9.88. The molecule has 0 saturated carbocycles. The number of carbonyl (C=O) groups excluding carboxylic acids is 1. The van der Waals surface area contributed by atoms with E-state index in [2.05, 4.69) is 55.3 Å². The average molecular weight is 414 g/mol. The van der Waals surface area contributed by atoms with Crippen molar-refractivity contribution < 1.29 is 9.53 Å². The van der Waals surface area contributed by atoms with Crippen LogP contribution >= 0.6 is 11.6 Å². The van der Waals surface area contributed by atoms with Crippen molar-refractivity contribution in [2.75, 3.05) is 18.1 Å². The predicted octanol–water partition coefficient (Wildman–Crippen LogP) is 4.98. The van der Waals surface area contributed by atoms with Gasteiger partial charge in [-0.3, -0.25) is 4.79 Å². The van der Waals surface area contributed by atoms with Crippen LogP contribution in [0.1, 0.15) is 51.2 Å². The molecule has 1 amide bonds. The average Bonchev–Trinajstić information content (AvgIpc) is 2.67. The second-order valence-corrected chi connectivity index (χ2v) is 8.40. The zero-order valence-corrected chi connectivity index (χ0v) is 18.2. The molecule has 5 nitrogen and oxygen atoms in total. The maximum absolute atomic E-state index is 12.0. The Bertz CT molecular complexity index is 911. The third-order valence-corrected chi connectivity index (χ3v) is 5.64. The molecule has 1 heterocycles. The predicted molar refractivity (Wildman–Crippen MR) is 119 cm³/mol.